The summed E-state index contributed by atoms with van der Waals surface area (Å²) in [7, 11) is 0. The van der Waals surface area contributed by atoms with Gasteiger partial charge in [0.05, 0.1) is 17.6 Å². The molecule has 0 radical (unpaired) electrons. The minimum absolute atomic E-state index is 0.171. The van der Waals surface area contributed by atoms with Gasteiger partial charge in [-0.15, -0.1) is 0 Å². The maximum absolute atomic E-state index is 12.1. The number of carbonyl (C=O) groups excluding carboxylic acids is 1. The van der Waals surface area contributed by atoms with Gasteiger partial charge >= 0.3 is 0 Å². The average Bonchev–Trinajstić information content (AvgIpc) is 2.58. The Hall–Kier alpha value is -2.80. The normalized spacial score (nSPS) is 10.4. The number of hydrogen-bond donors (Lipinski definition) is 1. The van der Waals surface area contributed by atoms with Crippen molar-refractivity contribution in [2.45, 2.75) is 6.54 Å². The summed E-state index contributed by atoms with van der Waals surface area (Å²) in [6, 6.07) is 14.0. The Morgan fingerprint density at radius 2 is 2.04 bits per heavy atom. The monoisotopic (exact) mass is 384 g/mol. The molecule has 0 fully saturated rings. The minimum atomic E-state index is -0.344. The average molecular weight is 385 g/mol. The summed E-state index contributed by atoms with van der Waals surface area (Å²) < 4.78 is 2.05. The van der Waals surface area contributed by atoms with Crippen molar-refractivity contribution < 1.29 is 4.79 Å². The highest BCUT2D eigenvalue weighted by Gasteiger charge is 2.08. The lowest BCUT2D eigenvalue weighted by atomic mass is 10.1. The van der Waals surface area contributed by atoms with Crippen LogP contribution >= 0.6 is 15.9 Å². The van der Waals surface area contributed by atoms with Crippen molar-refractivity contribution in [3.63, 3.8) is 0 Å². The van der Waals surface area contributed by atoms with Crippen molar-refractivity contribution in [3.05, 3.63) is 75.8 Å². The highest BCUT2D eigenvalue weighted by atomic mass is 79.9. The molecule has 1 N–H and O–H groups in total. The second-order valence-electron chi connectivity index (χ2n) is 5.01. The molecule has 6 nitrogen and oxygen atoms in total. The van der Waals surface area contributed by atoms with Gasteiger partial charge in [0.2, 0.25) is 5.91 Å². The number of halogens is 1. The van der Waals surface area contributed by atoms with Gasteiger partial charge in [0.25, 0.3) is 5.56 Å². The van der Waals surface area contributed by atoms with Crippen LogP contribution in [0.1, 0.15) is 0 Å². The Labute approximate surface area is 146 Å². The third-order valence-electron chi connectivity index (χ3n) is 3.23. The van der Waals surface area contributed by atoms with Crippen LogP contribution in [0.15, 0.2) is 70.2 Å². The summed E-state index contributed by atoms with van der Waals surface area (Å²) in [6.07, 6.45) is 3.15. The largest absolute Gasteiger partial charge is 0.323 e. The maximum Gasteiger partial charge on any atom is 0.267 e. The van der Waals surface area contributed by atoms with Crippen molar-refractivity contribution >= 4 is 27.5 Å². The molecule has 0 saturated carbocycles. The predicted molar refractivity (Wildman–Crippen MR) is 94.5 cm³/mol. The van der Waals surface area contributed by atoms with Crippen LogP contribution in [0.5, 0.6) is 0 Å². The lowest BCUT2D eigenvalue weighted by molar-refractivity contribution is -0.117. The molecule has 2 aromatic heterocycles. The van der Waals surface area contributed by atoms with Crippen molar-refractivity contribution in [3.8, 4) is 11.3 Å². The van der Waals surface area contributed by atoms with Gasteiger partial charge in [-0.3, -0.25) is 14.6 Å². The maximum atomic E-state index is 12.1. The van der Waals surface area contributed by atoms with E-state index >= 15 is 0 Å². The fourth-order valence-corrected chi connectivity index (χ4v) is 2.54. The van der Waals surface area contributed by atoms with Crippen LogP contribution in [-0.2, 0) is 11.3 Å². The standard InChI is InChI=1S/C17H13BrN4O2/c18-13-4-1-3-12(9-13)15-6-7-17(24)22(21-15)11-16(23)20-14-5-2-8-19-10-14/h1-10H,11H2,(H,20,23). The molecule has 2 heterocycles. The van der Waals surface area contributed by atoms with Gasteiger partial charge in [0.15, 0.2) is 0 Å². The third kappa shape index (κ3) is 3.94. The Morgan fingerprint density at radius 1 is 1.17 bits per heavy atom. The van der Waals surface area contributed by atoms with E-state index in [0.717, 1.165) is 14.7 Å². The minimum Gasteiger partial charge on any atom is -0.323 e. The molecule has 120 valence electrons. The lowest BCUT2D eigenvalue weighted by Crippen LogP contribution is -2.29. The summed E-state index contributed by atoms with van der Waals surface area (Å²) in [5.41, 5.74) is 1.70. The predicted octanol–water partition coefficient (Wildman–Crippen LogP) is 2.71. The second-order valence-corrected chi connectivity index (χ2v) is 5.93. The van der Waals surface area contributed by atoms with Crippen molar-refractivity contribution in [1.29, 1.82) is 0 Å². The van der Waals surface area contributed by atoms with Crippen LogP contribution in [0.3, 0.4) is 0 Å². The quantitative estimate of drug-likeness (QED) is 0.749. The topological polar surface area (TPSA) is 76.9 Å². The van der Waals surface area contributed by atoms with Crippen LogP contribution in [0, 0.1) is 0 Å². The number of nitrogens with zero attached hydrogens (tertiary/aromatic N) is 3. The van der Waals surface area contributed by atoms with Gasteiger partial charge in [-0.25, -0.2) is 4.68 Å². The summed E-state index contributed by atoms with van der Waals surface area (Å²) >= 11 is 3.40. The molecule has 0 saturated heterocycles. The highest BCUT2D eigenvalue weighted by molar-refractivity contribution is 9.10. The van der Waals surface area contributed by atoms with E-state index in [1.54, 1.807) is 24.4 Å². The SMILES string of the molecule is O=C(Cn1nc(-c2cccc(Br)c2)ccc1=O)Nc1cccnc1. The van der Waals surface area contributed by atoms with Crippen molar-refractivity contribution in [1.82, 2.24) is 14.8 Å². The number of hydrogen-bond acceptors (Lipinski definition) is 4. The highest BCUT2D eigenvalue weighted by Crippen LogP contribution is 2.20. The molecule has 24 heavy (non-hydrogen) atoms. The molecular weight excluding hydrogens is 372 g/mol. The number of nitrogens with one attached hydrogen (secondary N) is 1. The van der Waals surface area contributed by atoms with Crippen molar-refractivity contribution in [2.75, 3.05) is 5.32 Å². The molecule has 3 aromatic rings. The Morgan fingerprint density at radius 3 is 2.79 bits per heavy atom. The van der Waals surface area contributed by atoms with Gasteiger partial charge in [-0.2, -0.15) is 5.10 Å². The Bertz CT molecular complexity index is 925. The van der Waals surface area contributed by atoms with E-state index in [1.807, 2.05) is 24.3 Å². The van der Waals surface area contributed by atoms with E-state index in [0.29, 0.717) is 11.4 Å². The molecule has 0 aliphatic rings. The fraction of sp³-hybridized carbons (Fsp3) is 0.0588. The molecule has 0 unspecified atom stereocenters. The third-order valence-corrected chi connectivity index (χ3v) is 3.72. The molecule has 7 heteroatoms. The van der Waals surface area contributed by atoms with E-state index in [1.165, 1.54) is 12.3 Å². The number of amides is 1. The lowest BCUT2D eigenvalue weighted by Gasteiger charge is -2.08. The number of carbonyl (C=O) groups is 1. The molecule has 0 bridgehead atoms. The Kier molecular flexibility index (Phi) is 4.81. The van der Waals surface area contributed by atoms with Gasteiger partial charge in [0, 0.05) is 22.3 Å². The molecule has 0 aliphatic heterocycles. The summed E-state index contributed by atoms with van der Waals surface area (Å²) in [5.74, 6) is -0.344. The molecular formula is C17H13BrN4O2. The number of aromatic nitrogens is 3. The molecule has 0 spiro atoms. The molecule has 0 atom stereocenters. The smallest absolute Gasteiger partial charge is 0.267 e. The van der Waals surface area contributed by atoms with Crippen LogP contribution in [-0.4, -0.2) is 20.7 Å². The number of pyridine rings is 1. The molecule has 0 aliphatic carbocycles. The zero-order chi connectivity index (χ0) is 16.9. The Balaban J connectivity index is 1.82. The first-order valence-electron chi connectivity index (χ1n) is 7.16. The summed E-state index contributed by atoms with van der Waals surface area (Å²) in [5, 5.41) is 6.95. The number of anilines is 1. The van der Waals surface area contributed by atoms with E-state index in [4.69, 9.17) is 0 Å². The van der Waals surface area contributed by atoms with E-state index < -0.39 is 0 Å². The van der Waals surface area contributed by atoms with E-state index in [2.05, 4.69) is 31.3 Å². The zero-order valence-corrected chi connectivity index (χ0v) is 14.1. The molecule has 1 amide bonds. The van der Waals surface area contributed by atoms with E-state index in [9.17, 15) is 9.59 Å². The first kappa shape index (κ1) is 16.1. The van der Waals surface area contributed by atoms with Crippen LogP contribution in [0.4, 0.5) is 5.69 Å². The number of benzene rings is 1. The number of rotatable bonds is 4. The molecule has 3 rings (SSSR count). The summed E-state index contributed by atoms with van der Waals surface area (Å²) in [6.45, 7) is -0.171. The molecule has 1 aromatic carbocycles. The first-order chi connectivity index (χ1) is 11.6. The van der Waals surface area contributed by atoms with Crippen LogP contribution < -0.4 is 10.9 Å². The van der Waals surface area contributed by atoms with Crippen molar-refractivity contribution in [2.24, 2.45) is 0 Å². The zero-order valence-electron chi connectivity index (χ0n) is 12.5. The first-order valence-corrected chi connectivity index (χ1v) is 7.95. The van der Waals surface area contributed by atoms with Gasteiger partial charge in [-0.1, -0.05) is 28.1 Å². The fourth-order valence-electron chi connectivity index (χ4n) is 2.14. The van der Waals surface area contributed by atoms with Gasteiger partial charge < -0.3 is 5.32 Å². The van der Waals surface area contributed by atoms with E-state index in [-0.39, 0.29) is 18.0 Å². The van der Waals surface area contributed by atoms with Crippen LogP contribution in [0.25, 0.3) is 11.3 Å². The summed E-state index contributed by atoms with van der Waals surface area (Å²) in [4.78, 5) is 28.0. The van der Waals surface area contributed by atoms with Gasteiger partial charge in [0.1, 0.15) is 6.54 Å². The second kappa shape index (κ2) is 7.18. The van der Waals surface area contributed by atoms with Gasteiger partial charge in [-0.05, 0) is 30.3 Å². The van der Waals surface area contributed by atoms with Crippen LogP contribution in [0.2, 0.25) is 0 Å².